The molecular weight excluding hydrogens is 340 g/mol. The Bertz CT molecular complexity index is 760. The molecule has 0 aliphatic carbocycles. The van der Waals surface area contributed by atoms with E-state index in [-0.39, 0.29) is 0 Å². The predicted molar refractivity (Wildman–Crippen MR) is 106 cm³/mol. The molecule has 0 bridgehead atoms. The van der Waals surface area contributed by atoms with E-state index < -0.39 is 30.2 Å². The molecule has 1 saturated heterocycles. The van der Waals surface area contributed by atoms with Gasteiger partial charge >= 0.3 is 0 Å². The van der Waals surface area contributed by atoms with Crippen LogP contribution < -0.4 is 0 Å². The van der Waals surface area contributed by atoms with Crippen molar-refractivity contribution in [3.63, 3.8) is 0 Å². The van der Waals surface area contributed by atoms with Crippen LogP contribution >= 0.6 is 0 Å². The molecule has 4 nitrogen and oxygen atoms in total. The molecule has 0 aromatic heterocycles. The molecule has 1 aliphatic rings. The van der Waals surface area contributed by atoms with Crippen LogP contribution in [-0.2, 0) is 9.47 Å². The fourth-order valence-electron chi connectivity index (χ4n) is 3.58. The molecule has 1 fully saturated rings. The van der Waals surface area contributed by atoms with Gasteiger partial charge in [-0.25, -0.2) is 0 Å². The van der Waals surface area contributed by atoms with Crippen LogP contribution in [0.3, 0.4) is 0 Å². The number of aliphatic hydroxyl groups excluding tert-OH is 2. The molecular formula is C23H30O4. The zero-order valence-electron chi connectivity index (χ0n) is 17.0. The van der Waals surface area contributed by atoms with Gasteiger partial charge in [-0.05, 0) is 74.9 Å². The standard InChI is InChI=1S/C23H30O4/c1-13-7-9-17(11-15(13)3)19(24)21-22(27-23(5,6)26-21)20(25)18-10-8-14(2)16(4)12-18/h7-12,19-22,24-25H,1-6H3/t19-,20-,21+,22+/m1/s1. The Balaban J connectivity index is 1.92. The van der Waals surface area contributed by atoms with Gasteiger partial charge in [0.05, 0.1) is 0 Å². The first-order chi connectivity index (χ1) is 12.6. The quantitative estimate of drug-likeness (QED) is 0.846. The van der Waals surface area contributed by atoms with Crippen LogP contribution in [-0.4, -0.2) is 28.2 Å². The molecule has 0 radical (unpaired) electrons. The van der Waals surface area contributed by atoms with E-state index in [2.05, 4.69) is 0 Å². The Hall–Kier alpha value is -1.72. The van der Waals surface area contributed by atoms with E-state index in [0.29, 0.717) is 0 Å². The minimum absolute atomic E-state index is 0.668. The van der Waals surface area contributed by atoms with E-state index in [9.17, 15) is 10.2 Å². The molecule has 2 aromatic carbocycles. The highest BCUT2D eigenvalue weighted by Crippen LogP contribution is 2.41. The third-order valence-electron chi connectivity index (χ3n) is 5.53. The Kier molecular flexibility index (Phi) is 5.46. The molecule has 4 heteroatoms. The van der Waals surface area contributed by atoms with Crippen molar-refractivity contribution in [2.24, 2.45) is 0 Å². The highest BCUT2D eigenvalue weighted by Gasteiger charge is 2.48. The van der Waals surface area contributed by atoms with Crippen LogP contribution in [0.4, 0.5) is 0 Å². The van der Waals surface area contributed by atoms with Crippen molar-refractivity contribution in [2.45, 2.75) is 71.7 Å². The molecule has 0 spiro atoms. The minimum atomic E-state index is -0.891. The average molecular weight is 370 g/mol. The van der Waals surface area contributed by atoms with Gasteiger partial charge in [0.2, 0.25) is 0 Å². The van der Waals surface area contributed by atoms with Gasteiger partial charge < -0.3 is 19.7 Å². The van der Waals surface area contributed by atoms with Crippen molar-refractivity contribution < 1.29 is 19.7 Å². The normalized spacial score (nSPS) is 24.0. The smallest absolute Gasteiger partial charge is 0.164 e. The first-order valence-electron chi connectivity index (χ1n) is 9.45. The maximum atomic E-state index is 11.0. The molecule has 2 aromatic rings. The third-order valence-corrected chi connectivity index (χ3v) is 5.53. The van der Waals surface area contributed by atoms with Gasteiger partial charge in [-0.1, -0.05) is 36.4 Å². The number of ether oxygens (including phenoxy) is 2. The summed E-state index contributed by atoms with van der Waals surface area (Å²) in [5, 5.41) is 22.0. The fraction of sp³-hybridized carbons (Fsp3) is 0.478. The highest BCUT2D eigenvalue weighted by molar-refractivity contribution is 5.34. The summed E-state index contributed by atoms with van der Waals surface area (Å²) in [6.07, 6.45) is -3.12. The lowest BCUT2D eigenvalue weighted by Gasteiger charge is -2.27. The number of benzene rings is 2. The van der Waals surface area contributed by atoms with Gasteiger partial charge in [-0.15, -0.1) is 0 Å². The summed E-state index contributed by atoms with van der Waals surface area (Å²) in [6.45, 7) is 11.7. The number of aliphatic hydroxyl groups is 2. The Morgan fingerprint density at radius 1 is 0.704 bits per heavy atom. The van der Waals surface area contributed by atoms with E-state index in [1.54, 1.807) is 13.8 Å². The van der Waals surface area contributed by atoms with E-state index >= 15 is 0 Å². The fourth-order valence-corrected chi connectivity index (χ4v) is 3.58. The number of hydrogen-bond acceptors (Lipinski definition) is 4. The van der Waals surface area contributed by atoms with Gasteiger partial charge in [0.1, 0.15) is 24.4 Å². The molecule has 0 amide bonds. The van der Waals surface area contributed by atoms with Crippen LogP contribution in [0.5, 0.6) is 0 Å². The zero-order valence-corrected chi connectivity index (χ0v) is 17.0. The summed E-state index contributed by atoms with van der Waals surface area (Å²) in [4.78, 5) is 0. The third kappa shape index (κ3) is 4.09. The van der Waals surface area contributed by atoms with Crippen LogP contribution in [0.2, 0.25) is 0 Å². The second-order valence-electron chi connectivity index (χ2n) is 8.14. The van der Waals surface area contributed by atoms with Crippen molar-refractivity contribution in [2.75, 3.05) is 0 Å². The molecule has 1 aliphatic heterocycles. The SMILES string of the molecule is Cc1ccc([C@@H](O)[C@@H]2OC(C)(C)O[C@H]2[C@H](O)c2ccc(C)c(C)c2)cc1C. The minimum Gasteiger partial charge on any atom is -0.386 e. The summed E-state index contributed by atoms with van der Waals surface area (Å²) in [7, 11) is 0. The lowest BCUT2D eigenvalue weighted by molar-refractivity contribution is -0.161. The van der Waals surface area contributed by atoms with E-state index in [1.807, 2.05) is 64.1 Å². The summed E-state index contributed by atoms with van der Waals surface area (Å²) in [6, 6.07) is 11.7. The highest BCUT2D eigenvalue weighted by atomic mass is 16.8. The topological polar surface area (TPSA) is 58.9 Å². The monoisotopic (exact) mass is 370 g/mol. The lowest BCUT2D eigenvalue weighted by atomic mass is 9.92. The summed E-state index contributed by atoms with van der Waals surface area (Å²) in [5.74, 6) is -0.878. The summed E-state index contributed by atoms with van der Waals surface area (Å²) in [5.41, 5.74) is 6.08. The first kappa shape index (κ1) is 20.0. The van der Waals surface area contributed by atoms with Gasteiger partial charge in [-0.3, -0.25) is 0 Å². The molecule has 1 heterocycles. The first-order valence-corrected chi connectivity index (χ1v) is 9.45. The van der Waals surface area contributed by atoms with Crippen molar-refractivity contribution in [3.8, 4) is 0 Å². The number of hydrogen-bond donors (Lipinski definition) is 2. The van der Waals surface area contributed by atoms with Gasteiger partial charge in [-0.2, -0.15) is 0 Å². The molecule has 4 atom stereocenters. The van der Waals surface area contributed by atoms with Crippen molar-refractivity contribution in [1.29, 1.82) is 0 Å². The largest absolute Gasteiger partial charge is 0.386 e. The average Bonchev–Trinajstić information content (AvgIpc) is 2.94. The maximum absolute atomic E-state index is 11.0. The molecule has 2 N–H and O–H groups in total. The lowest BCUT2D eigenvalue weighted by Crippen LogP contribution is -2.34. The second-order valence-corrected chi connectivity index (χ2v) is 8.14. The molecule has 0 unspecified atom stereocenters. The Morgan fingerprint density at radius 3 is 1.41 bits per heavy atom. The van der Waals surface area contributed by atoms with Crippen LogP contribution in [0.15, 0.2) is 36.4 Å². The Morgan fingerprint density at radius 2 is 1.07 bits per heavy atom. The van der Waals surface area contributed by atoms with Gasteiger partial charge in [0, 0.05) is 0 Å². The van der Waals surface area contributed by atoms with Crippen molar-refractivity contribution >= 4 is 0 Å². The van der Waals surface area contributed by atoms with Gasteiger partial charge in [0.25, 0.3) is 0 Å². The molecule has 3 rings (SSSR count). The summed E-state index contributed by atoms with van der Waals surface area (Å²) >= 11 is 0. The molecule has 146 valence electrons. The van der Waals surface area contributed by atoms with E-state index in [0.717, 1.165) is 22.3 Å². The Labute approximate surface area is 161 Å². The van der Waals surface area contributed by atoms with Crippen molar-refractivity contribution in [1.82, 2.24) is 0 Å². The van der Waals surface area contributed by atoms with Crippen LogP contribution in [0, 0.1) is 27.7 Å². The second kappa shape index (κ2) is 7.36. The molecule has 27 heavy (non-hydrogen) atoms. The summed E-state index contributed by atoms with van der Waals surface area (Å²) < 4.78 is 12.0. The van der Waals surface area contributed by atoms with Crippen LogP contribution in [0.25, 0.3) is 0 Å². The zero-order chi connectivity index (χ0) is 19.9. The van der Waals surface area contributed by atoms with E-state index in [1.165, 1.54) is 11.1 Å². The van der Waals surface area contributed by atoms with Crippen molar-refractivity contribution in [3.05, 3.63) is 69.8 Å². The number of rotatable bonds is 4. The molecule has 0 saturated carbocycles. The predicted octanol–water partition coefficient (Wildman–Crippen LogP) is 4.21. The van der Waals surface area contributed by atoms with E-state index in [4.69, 9.17) is 9.47 Å². The maximum Gasteiger partial charge on any atom is 0.164 e. The number of aryl methyl sites for hydroxylation is 4. The van der Waals surface area contributed by atoms with Gasteiger partial charge in [0.15, 0.2) is 5.79 Å². The van der Waals surface area contributed by atoms with Crippen LogP contribution in [0.1, 0.15) is 59.4 Å².